The Morgan fingerprint density at radius 3 is 2.48 bits per heavy atom. The van der Waals surface area contributed by atoms with Gasteiger partial charge < -0.3 is 4.57 Å². The summed E-state index contributed by atoms with van der Waals surface area (Å²) in [5, 5.41) is 0.879. The number of fused-ring (bicyclic) bond motifs is 1. The van der Waals surface area contributed by atoms with Gasteiger partial charge in [-0.3, -0.25) is 4.79 Å². The molecule has 0 aliphatic heterocycles. The lowest BCUT2D eigenvalue weighted by Crippen LogP contribution is -2.04. The first-order valence-electron chi connectivity index (χ1n) is 7.95. The first-order chi connectivity index (χ1) is 11.1. The number of carbonyl (C=O) groups is 1. The van der Waals surface area contributed by atoms with Crippen molar-refractivity contribution >= 4 is 16.7 Å². The van der Waals surface area contributed by atoms with Crippen LogP contribution in [0, 0.1) is 11.7 Å². The summed E-state index contributed by atoms with van der Waals surface area (Å²) in [6.07, 6.45) is 2.90. The zero-order chi connectivity index (χ0) is 16.4. The maximum Gasteiger partial charge on any atom is 0.198 e. The van der Waals surface area contributed by atoms with Gasteiger partial charge in [0.1, 0.15) is 5.82 Å². The molecule has 3 heteroatoms. The van der Waals surface area contributed by atoms with Crippen LogP contribution < -0.4 is 0 Å². The van der Waals surface area contributed by atoms with Crippen LogP contribution in [0.25, 0.3) is 10.9 Å². The number of hydrogen-bond donors (Lipinski definition) is 0. The molecule has 23 heavy (non-hydrogen) atoms. The molecule has 0 amide bonds. The van der Waals surface area contributed by atoms with Gasteiger partial charge in [-0.1, -0.05) is 44.2 Å². The third-order valence-electron chi connectivity index (χ3n) is 4.10. The van der Waals surface area contributed by atoms with Crippen LogP contribution in [-0.2, 0) is 6.54 Å². The summed E-state index contributed by atoms with van der Waals surface area (Å²) in [5.74, 6) is -0.152. The van der Waals surface area contributed by atoms with E-state index in [2.05, 4.69) is 18.4 Å². The zero-order valence-corrected chi connectivity index (χ0v) is 13.4. The molecule has 0 N–H and O–H groups in total. The molecule has 0 unspecified atom stereocenters. The van der Waals surface area contributed by atoms with Gasteiger partial charge in [-0.05, 0) is 30.5 Å². The highest BCUT2D eigenvalue weighted by Crippen LogP contribution is 2.25. The second-order valence-corrected chi connectivity index (χ2v) is 6.24. The van der Waals surface area contributed by atoms with Gasteiger partial charge in [0.05, 0.1) is 5.56 Å². The van der Waals surface area contributed by atoms with E-state index in [9.17, 15) is 9.18 Å². The minimum absolute atomic E-state index is 0.124. The summed E-state index contributed by atoms with van der Waals surface area (Å²) in [6.45, 7) is 5.21. The fourth-order valence-electron chi connectivity index (χ4n) is 2.80. The molecule has 0 saturated carbocycles. The largest absolute Gasteiger partial charge is 0.347 e. The highest BCUT2D eigenvalue weighted by molar-refractivity contribution is 6.16. The number of para-hydroxylation sites is 1. The number of halogens is 1. The maximum absolute atomic E-state index is 14.0. The number of benzene rings is 2. The van der Waals surface area contributed by atoms with Crippen molar-refractivity contribution < 1.29 is 9.18 Å². The molecule has 1 aromatic heterocycles. The summed E-state index contributed by atoms with van der Waals surface area (Å²) in [6, 6.07) is 14.0. The molecule has 118 valence electrons. The minimum Gasteiger partial charge on any atom is -0.347 e. The summed E-state index contributed by atoms with van der Waals surface area (Å²) < 4.78 is 16.1. The molecule has 1 heterocycles. The minimum atomic E-state index is -0.475. The maximum atomic E-state index is 14.0. The van der Waals surface area contributed by atoms with Crippen molar-refractivity contribution in [1.29, 1.82) is 0 Å². The van der Waals surface area contributed by atoms with E-state index in [1.54, 1.807) is 12.1 Å². The Morgan fingerprint density at radius 2 is 1.74 bits per heavy atom. The van der Waals surface area contributed by atoms with Gasteiger partial charge in [-0.2, -0.15) is 0 Å². The summed E-state index contributed by atoms with van der Waals surface area (Å²) in [5.41, 5.74) is 1.71. The van der Waals surface area contributed by atoms with E-state index < -0.39 is 5.82 Å². The highest BCUT2D eigenvalue weighted by atomic mass is 19.1. The average Bonchev–Trinajstić information content (AvgIpc) is 2.92. The summed E-state index contributed by atoms with van der Waals surface area (Å²) in [4.78, 5) is 12.8. The second kappa shape index (κ2) is 6.37. The molecule has 0 saturated heterocycles. The number of nitrogens with zero attached hydrogens (tertiary/aromatic N) is 1. The molecule has 0 aliphatic rings. The molecule has 0 aliphatic carbocycles. The van der Waals surface area contributed by atoms with Crippen molar-refractivity contribution in [2.24, 2.45) is 5.92 Å². The Morgan fingerprint density at radius 1 is 1.04 bits per heavy atom. The van der Waals surface area contributed by atoms with Crippen LogP contribution in [-0.4, -0.2) is 10.4 Å². The third-order valence-corrected chi connectivity index (χ3v) is 4.10. The van der Waals surface area contributed by atoms with Crippen LogP contribution in [0.3, 0.4) is 0 Å². The molecule has 0 fully saturated rings. The van der Waals surface area contributed by atoms with Crippen molar-refractivity contribution in [3.8, 4) is 0 Å². The molecule has 0 radical (unpaired) electrons. The molecule has 3 rings (SSSR count). The Hall–Kier alpha value is -2.42. The van der Waals surface area contributed by atoms with E-state index in [1.165, 1.54) is 12.1 Å². The fourth-order valence-corrected chi connectivity index (χ4v) is 2.80. The van der Waals surface area contributed by atoms with Crippen LogP contribution in [0.5, 0.6) is 0 Å². The SMILES string of the molecule is CC(C)CCn1cc(C(=O)c2ccccc2F)c2ccccc21. The van der Waals surface area contributed by atoms with Crippen LogP contribution in [0.1, 0.15) is 36.2 Å². The van der Waals surface area contributed by atoms with Gasteiger partial charge in [0, 0.05) is 29.2 Å². The number of ketones is 1. The summed E-state index contributed by atoms with van der Waals surface area (Å²) >= 11 is 0. The van der Waals surface area contributed by atoms with E-state index in [1.807, 2.05) is 30.5 Å². The number of rotatable bonds is 5. The van der Waals surface area contributed by atoms with Crippen LogP contribution >= 0.6 is 0 Å². The lowest BCUT2D eigenvalue weighted by atomic mass is 10.0. The lowest BCUT2D eigenvalue weighted by molar-refractivity contribution is 0.103. The van der Waals surface area contributed by atoms with Crippen LogP contribution in [0.4, 0.5) is 4.39 Å². The summed E-state index contributed by atoms with van der Waals surface area (Å²) in [7, 11) is 0. The molecule has 2 aromatic carbocycles. The topological polar surface area (TPSA) is 22.0 Å². The molecular weight excluding hydrogens is 289 g/mol. The first kappa shape index (κ1) is 15.5. The predicted molar refractivity (Wildman–Crippen MR) is 91.2 cm³/mol. The third kappa shape index (κ3) is 3.04. The quantitative estimate of drug-likeness (QED) is 0.604. The fraction of sp³-hybridized carbons (Fsp3) is 0.250. The van der Waals surface area contributed by atoms with Crippen molar-refractivity contribution in [2.45, 2.75) is 26.8 Å². The Labute approximate surface area is 135 Å². The molecule has 3 aromatic rings. The molecular formula is C20H20FNO. The number of hydrogen-bond acceptors (Lipinski definition) is 1. The van der Waals surface area contributed by atoms with Gasteiger partial charge in [-0.25, -0.2) is 4.39 Å². The number of aromatic nitrogens is 1. The average molecular weight is 309 g/mol. The number of aryl methyl sites for hydroxylation is 1. The van der Waals surface area contributed by atoms with E-state index in [-0.39, 0.29) is 11.3 Å². The van der Waals surface area contributed by atoms with E-state index in [0.29, 0.717) is 11.5 Å². The van der Waals surface area contributed by atoms with Crippen LogP contribution in [0.2, 0.25) is 0 Å². The van der Waals surface area contributed by atoms with E-state index in [4.69, 9.17) is 0 Å². The monoisotopic (exact) mass is 309 g/mol. The standard InChI is InChI=1S/C20H20FNO/c1-14(2)11-12-22-13-17(15-7-4-6-10-19(15)22)20(23)16-8-3-5-9-18(16)21/h3-10,13-14H,11-12H2,1-2H3. The van der Waals surface area contributed by atoms with Crippen molar-refractivity contribution in [3.63, 3.8) is 0 Å². The van der Waals surface area contributed by atoms with Gasteiger partial charge >= 0.3 is 0 Å². The van der Waals surface area contributed by atoms with Gasteiger partial charge in [-0.15, -0.1) is 0 Å². The highest BCUT2D eigenvalue weighted by Gasteiger charge is 2.19. The molecule has 0 bridgehead atoms. The zero-order valence-electron chi connectivity index (χ0n) is 13.4. The Bertz CT molecular complexity index is 848. The Kier molecular flexibility index (Phi) is 4.28. The van der Waals surface area contributed by atoms with Gasteiger partial charge in [0.2, 0.25) is 0 Å². The van der Waals surface area contributed by atoms with E-state index in [0.717, 1.165) is 23.9 Å². The normalized spacial score (nSPS) is 11.3. The Balaban J connectivity index is 2.07. The van der Waals surface area contributed by atoms with E-state index >= 15 is 0 Å². The van der Waals surface area contributed by atoms with Crippen molar-refractivity contribution in [3.05, 3.63) is 71.7 Å². The van der Waals surface area contributed by atoms with Gasteiger partial charge in [0.25, 0.3) is 0 Å². The molecule has 2 nitrogen and oxygen atoms in total. The van der Waals surface area contributed by atoms with Crippen molar-refractivity contribution in [1.82, 2.24) is 4.57 Å². The predicted octanol–water partition coefficient (Wildman–Crippen LogP) is 5.06. The van der Waals surface area contributed by atoms with Crippen LogP contribution in [0.15, 0.2) is 54.7 Å². The molecule has 0 spiro atoms. The van der Waals surface area contributed by atoms with Gasteiger partial charge in [0.15, 0.2) is 5.78 Å². The number of carbonyl (C=O) groups excluding carboxylic acids is 1. The molecule has 0 atom stereocenters. The first-order valence-corrected chi connectivity index (χ1v) is 7.95. The lowest BCUT2D eigenvalue weighted by Gasteiger charge is -2.07. The van der Waals surface area contributed by atoms with Crippen molar-refractivity contribution in [2.75, 3.05) is 0 Å². The smallest absolute Gasteiger partial charge is 0.198 e. The second-order valence-electron chi connectivity index (χ2n) is 6.24.